The molecular weight excluding hydrogens is 470 g/mol. The van der Waals surface area contributed by atoms with Crippen molar-refractivity contribution in [3.63, 3.8) is 0 Å². The van der Waals surface area contributed by atoms with Crippen LogP contribution in [-0.4, -0.2) is 34.2 Å². The van der Waals surface area contributed by atoms with Crippen molar-refractivity contribution in [2.24, 2.45) is 0 Å². The number of imide groups is 1. The number of hydrogen-bond acceptors (Lipinski definition) is 4. The van der Waals surface area contributed by atoms with E-state index < -0.39 is 0 Å². The molecule has 0 unspecified atom stereocenters. The number of amides is 2. The number of nitrogens with zero attached hydrogens (tertiary/aromatic N) is 1. The van der Waals surface area contributed by atoms with E-state index in [-0.39, 0.29) is 17.7 Å². The van der Waals surface area contributed by atoms with Crippen molar-refractivity contribution in [1.82, 2.24) is 10.2 Å². The highest BCUT2D eigenvalue weighted by atomic mass is 79.9. The summed E-state index contributed by atoms with van der Waals surface area (Å²) < 4.78 is 0.916. The number of carbonyl (C=O) groups excluding carboxylic acids is 2. The fourth-order valence-electron chi connectivity index (χ4n) is 2.76. The fraction of sp³-hybridized carbons (Fsp3) is 0.190. The van der Waals surface area contributed by atoms with Gasteiger partial charge in [0.05, 0.1) is 4.91 Å². The molecule has 8 heteroatoms. The lowest BCUT2D eigenvalue weighted by Gasteiger charge is -2.16. The fourth-order valence-corrected chi connectivity index (χ4v) is 4.25. The van der Waals surface area contributed by atoms with Gasteiger partial charge in [-0.25, -0.2) is 0 Å². The van der Waals surface area contributed by atoms with Crippen molar-refractivity contribution in [2.75, 3.05) is 18.4 Å². The third-order valence-corrected chi connectivity index (χ3v) is 5.93. The first-order chi connectivity index (χ1) is 13.8. The number of hydrogen-bond donors (Lipinski definition) is 2. The molecule has 2 amide bonds. The number of carbonyl (C=O) groups is 2. The molecule has 1 fully saturated rings. The zero-order valence-electron chi connectivity index (χ0n) is 16.0. The molecule has 0 atom stereocenters. The molecule has 2 aromatic rings. The van der Waals surface area contributed by atoms with Gasteiger partial charge in [-0.05, 0) is 78.8 Å². The third kappa shape index (κ3) is 5.68. The molecule has 5 nitrogen and oxygen atoms in total. The highest BCUT2D eigenvalue weighted by molar-refractivity contribution is 9.10. The number of benzene rings is 2. The van der Waals surface area contributed by atoms with Crippen molar-refractivity contribution in [1.29, 1.82) is 0 Å². The van der Waals surface area contributed by atoms with E-state index in [2.05, 4.69) is 26.6 Å². The van der Waals surface area contributed by atoms with Gasteiger partial charge in [0.15, 0.2) is 5.11 Å². The third-order valence-electron chi connectivity index (χ3n) is 4.28. The minimum atomic E-state index is -0.282. The summed E-state index contributed by atoms with van der Waals surface area (Å²) in [7, 11) is 0. The summed E-state index contributed by atoms with van der Waals surface area (Å²) in [6.45, 7) is 4.64. The molecule has 1 aliphatic heterocycles. The Morgan fingerprint density at radius 3 is 2.76 bits per heavy atom. The molecule has 150 valence electrons. The van der Waals surface area contributed by atoms with E-state index >= 15 is 0 Å². The summed E-state index contributed by atoms with van der Waals surface area (Å²) in [6, 6.07) is 13.7. The van der Waals surface area contributed by atoms with Crippen LogP contribution in [0.15, 0.2) is 51.8 Å². The summed E-state index contributed by atoms with van der Waals surface area (Å²) in [5.41, 5.74) is 4.02. The van der Waals surface area contributed by atoms with E-state index in [4.69, 9.17) is 12.2 Å². The Hall–Kier alpha value is -2.16. The molecule has 0 radical (unpaired) electrons. The molecule has 1 aliphatic rings. The zero-order chi connectivity index (χ0) is 21.0. The molecule has 0 aliphatic carbocycles. The highest BCUT2D eigenvalue weighted by Crippen LogP contribution is 2.32. The SMILES string of the molecule is Cc1ccc(C)c(NC(=S)NCCN2C(=O)S/C(=C\c3cccc(Br)c3)C2=O)c1. The minimum absolute atomic E-state index is 0.245. The molecule has 1 saturated heterocycles. The van der Waals surface area contributed by atoms with Gasteiger partial charge < -0.3 is 10.6 Å². The maximum atomic E-state index is 12.6. The van der Waals surface area contributed by atoms with Crippen molar-refractivity contribution >= 4 is 67.9 Å². The lowest BCUT2D eigenvalue weighted by atomic mass is 10.1. The first kappa shape index (κ1) is 21.5. The van der Waals surface area contributed by atoms with Gasteiger partial charge in [0.1, 0.15) is 0 Å². The Kier molecular flexibility index (Phi) is 7.10. The lowest BCUT2D eigenvalue weighted by molar-refractivity contribution is -0.122. The Morgan fingerprint density at radius 1 is 1.21 bits per heavy atom. The second-order valence-electron chi connectivity index (χ2n) is 6.59. The Morgan fingerprint density at radius 2 is 2.00 bits per heavy atom. The summed E-state index contributed by atoms with van der Waals surface area (Å²) in [5.74, 6) is -0.282. The standard InChI is InChI=1S/C21H20BrN3O2S2/c1-13-6-7-14(2)17(10-13)24-20(28)23-8-9-25-19(26)18(29-21(25)27)12-15-4-3-5-16(22)11-15/h3-7,10-12H,8-9H2,1-2H3,(H2,23,24,28)/b18-12-. The van der Waals surface area contributed by atoms with Crippen molar-refractivity contribution in [2.45, 2.75) is 13.8 Å². The first-order valence-electron chi connectivity index (χ1n) is 8.96. The van der Waals surface area contributed by atoms with Gasteiger partial charge in [-0.2, -0.15) is 0 Å². The van der Waals surface area contributed by atoms with Gasteiger partial charge >= 0.3 is 0 Å². The largest absolute Gasteiger partial charge is 0.361 e. The maximum Gasteiger partial charge on any atom is 0.293 e. The van der Waals surface area contributed by atoms with Crippen molar-refractivity contribution < 1.29 is 9.59 Å². The van der Waals surface area contributed by atoms with Crippen LogP contribution >= 0.6 is 39.9 Å². The van der Waals surface area contributed by atoms with E-state index in [1.54, 1.807) is 6.08 Å². The number of anilines is 1. The quantitative estimate of drug-likeness (QED) is 0.450. The van der Waals surface area contributed by atoms with Crippen LogP contribution in [0, 0.1) is 13.8 Å². The van der Waals surface area contributed by atoms with Crippen LogP contribution in [0.4, 0.5) is 10.5 Å². The number of rotatable bonds is 5. The molecule has 29 heavy (non-hydrogen) atoms. The Labute approximate surface area is 188 Å². The number of aryl methyl sites for hydroxylation is 2. The highest BCUT2D eigenvalue weighted by Gasteiger charge is 2.34. The van der Waals surface area contributed by atoms with E-state index in [1.165, 1.54) is 4.90 Å². The van der Waals surface area contributed by atoms with Crippen LogP contribution in [0.3, 0.4) is 0 Å². The van der Waals surface area contributed by atoms with Gasteiger partial charge in [0.2, 0.25) is 0 Å². The summed E-state index contributed by atoms with van der Waals surface area (Å²) in [5, 5.41) is 6.40. The van der Waals surface area contributed by atoms with Gasteiger partial charge in [-0.3, -0.25) is 14.5 Å². The molecule has 2 aromatic carbocycles. The number of nitrogens with one attached hydrogen (secondary N) is 2. The normalized spacial score (nSPS) is 15.1. The predicted octanol–water partition coefficient (Wildman–Crippen LogP) is 5.09. The molecule has 0 aromatic heterocycles. The lowest BCUT2D eigenvalue weighted by Crippen LogP contribution is -2.38. The van der Waals surface area contributed by atoms with Gasteiger partial charge in [-0.1, -0.05) is 40.2 Å². The van der Waals surface area contributed by atoms with Crippen molar-refractivity contribution in [3.05, 3.63) is 68.5 Å². The van der Waals surface area contributed by atoms with Crippen molar-refractivity contribution in [3.8, 4) is 0 Å². The monoisotopic (exact) mass is 489 g/mol. The minimum Gasteiger partial charge on any atom is -0.361 e. The summed E-state index contributed by atoms with van der Waals surface area (Å²) in [4.78, 5) is 26.5. The summed E-state index contributed by atoms with van der Waals surface area (Å²) >= 11 is 9.69. The van der Waals surface area contributed by atoms with Gasteiger partial charge in [0.25, 0.3) is 11.1 Å². The average Bonchev–Trinajstić information content (AvgIpc) is 2.92. The Bertz CT molecular complexity index is 1010. The van der Waals surface area contributed by atoms with E-state index in [0.717, 1.165) is 38.6 Å². The maximum absolute atomic E-state index is 12.6. The first-order valence-corrected chi connectivity index (χ1v) is 11.0. The van der Waals surface area contributed by atoms with Crippen LogP contribution in [0.2, 0.25) is 0 Å². The smallest absolute Gasteiger partial charge is 0.293 e. The molecule has 2 N–H and O–H groups in total. The Balaban J connectivity index is 1.55. The second kappa shape index (κ2) is 9.56. The van der Waals surface area contributed by atoms with Crippen LogP contribution in [0.25, 0.3) is 6.08 Å². The van der Waals surface area contributed by atoms with Crippen LogP contribution < -0.4 is 10.6 Å². The second-order valence-corrected chi connectivity index (χ2v) is 8.90. The molecule has 3 rings (SSSR count). The molecule has 1 heterocycles. The number of thiocarbonyl (C=S) groups is 1. The number of thioether (sulfide) groups is 1. The van der Waals surface area contributed by atoms with E-state index in [0.29, 0.717) is 16.6 Å². The van der Waals surface area contributed by atoms with E-state index in [9.17, 15) is 9.59 Å². The topological polar surface area (TPSA) is 61.4 Å². The number of halogens is 1. The average molecular weight is 490 g/mol. The predicted molar refractivity (Wildman–Crippen MR) is 127 cm³/mol. The molecule has 0 spiro atoms. The molecule has 0 bridgehead atoms. The van der Waals surface area contributed by atoms with Crippen LogP contribution in [0.5, 0.6) is 0 Å². The van der Waals surface area contributed by atoms with Gasteiger partial charge in [0, 0.05) is 23.2 Å². The van der Waals surface area contributed by atoms with Crippen LogP contribution in [0.1, 0.15) is 16.7 Å². The summed E-state index contributed by atoms with van der Waals surface area (Å²) in [6.07, 6.45) is 1.73. The van der Waals surface area contributed by atoms with E-state index in [1.807, 2.05) is 56.3 Å². The van der Waals surface area contributed by atoms with Gasteiger partial charge in [-0.15, -0.1) is 0 Å². The van der Waals surface area contributed by atoms with Crippen LogP contribution in [-0.2, 0) is 4.79 Å². The zero-order valence-corrected chi connectivity index (χ0v) is 19.2. The molecule has 0 saturated carbocycles. The molecular formula is C21H20BrN3O2S2.